The van der Waals surface area contributed by atoms with E-state index in [0.717, 1.165) is 6.42 Å². The molecule has 0 radical (unpaired) electrons. The first-order chi connectivity index (χ1) is 5.78. The Kier molecular flexibility index (Phi) is 3.61. The lowest BCUT2D eigenvalue weighted by Crippen LogP contribution is -2.50. The smallest absolute Gasteiger partial charge is 0.0636 e. The van der Waals surface area contributed by atoms with Crippen LogP contribution in [0.3, 0.4) is 0 Å². The van der Waals surface area contributed by atoms with Gasteiger partial charge in [0.1, 0.15) is 0 Å². The number of nitrogens with two attached hydrogens (primary N) is 1. The van der Waals surface area contributed by atoms with Crippen LogP contribution in [0.2, 0.25) is 0 Å². The van der Waals surface area contributed by atoms with Gasteiger partial charge in [0.2, 0.25) is 0 Å². The van der Waals surface area contributed by atoms with Crippen LogP contribution in [0, 0.1) is 11.3 Å². The third-order valence-corrected chi connectivity index (χ3v) is 3.98. The van der Waals surface area contributed by atoms with Crippen LogP contribution in [0.5, 0.6) is 0 Å². The highest BCUT2D eigenvalue weighted by Gasteiger charge is 2.47. The van der Waals surface area contributed by atoms with Gasteiger partial charge in [-0.3, -0.25) is 0 Å². The van der Waals surface area contributed by atoms with E-state index in [1.165, 1.54) is 32.1 Å². The molecule has 2 rings (SSSR count). The van der Waals surface area contributed by atoms with Gasteiger partial charge in [0.05, 0.1) is 6.10 Å². The Morgan fingerprint density at radius 3 is 2.31 bits per heavy atom. The van der Waals surface area contributed by atoms with Crippen LogP contribution in [-0.4, -0.2) is 17.8 Å². The van der Waals surface area contributed by atoms with Gasteiger partial charge in [0.15, 0.2) is 0 Å². The molecule has 2 nitrogen and oxygen atoms in total. The van der Waals surface area contributed by atoms with Crippen molar-refractivity contribution in [2.24, 2.45) is 17.1 Å². The third kappa shape index (κ3) is 1.72. The Balaban J connectivity index is 0.000000845. The Morgan fingerprint density at radius 2 is 1.85 bits per heavy atom. The molecule has 0 aromatic rings. The predicted octanol–water partition coefficient (Wildman–Crippen LogP) is 1.70. The molecule has 13 heavy (non-hydrogen) atoms. The maximum absolute atomic E-state index is 10.1. The summed E-state index contributed by atoms with van der Waals surface area (Å²) in [5.41, 5.74) is 5.94. The normalized spacial score (nSPS) is 36.5. The van der Waals surface area contributed by atoms with Crippen LogP contribution in [0.15, 0.2) is 0 Å². The maximum atomic E-state index is 10.1. The molecule has 0 heterocycles. The van der Waals surface area contributed by atoms with Crippen LogP contribution < -0.4 is 5.73 Å². The molecule has 2 aliphatic rings. The standard InChI is InChI=1S/C10H19NO.ClH/c11-7-8-3-1-4-10(9(8)12)5-2-6-10;/h8-9,12H,1-7,11H2;1H/t8-,9-;/m0./s1. The second-order valence-corrected chi connectivity index (χ2v) is 4.55. The average molecular weight is 206 g/mol. The van der Waals surface area contributed by atoms with Crippen molar-refractivity contribution in [3.05, 3.63) is 0 Å². The molecule has 3 heteroatoms. The van der Waals surface area contributed by atoms with Crippen molar-refractivity contribution in [2.45, 2.75) is 44.6 Å². The lowest BCUT2D eigenvalue weighted by molar-refractivity contribution is -0.0956. The third-order valence-electron chi connectivity index (χ3n) is 3.98. The first-order valence-corrected chi connectivity index (χ1v) is 5.17. The van der Waals surface area contributed by atoms with Crippen molar-refractivity contribution < 1.29 is 5.11 Å². The molecule has 2 saturated carbocycles. The fourth-order valence-corrected chi connectivity index (χ4v) is 2.95. The summed E-state index contributed by atoms with van der Waals surface area (Å²) in [5, 5.41) is 10.1. The summed E-state index contributed by atoms with van der Waals surface area (Å²) < 4.78 is 0. The van der Waals surface area contributed by atoms with Gasteiger partial charge in [-0.2, -0.15) is 0 Å². The zero-order valence-corrected chi connectivity index (χ0v) is 8.85. The number of halogens is 1. The zero-order valence-electron chi connectivity index (χ0n) is 8.04. The van der Waals surface area contributed by atoms with Crippen LogP contribution in [-0.2, 0) is 0 Å². The second-order valence-electron chi connectivity index (χ2n) is 4.55. The van der Waals surface area contributed by atoms with E-state index in [1.807, 2.05) is 0 Å². The number of aliphatic hydroxyl groups is 1. The van der Waals surface area contributed by atoms with Crippen molar-refractivity contribution >= 4 is 12.4 Å². The molecule has 0 bridgehead atoms. The highest BCUT2D eigenvalue weighted by Crippen LogP contribution is 2.52. The van der Waals surface area contributed by atoms with Gasteiger partial charge in [-0.25, -0.2) is 0 Å². The van der Waals surface area contributed by atoms with E-state index in [1.54, 1.807) is 0 Å². The van der Waals surface area contributed by atoms with E-state index in [9.17, 15) is 5.11 Å². The van der Waals surface area contributed by atoms with Gasteiger partial charge in [0, 0.05) is 0 Å². The molecule has 0 amide bonds. The predicted molar refractivity (Wildman–Crippen MR) is 55.9 cm³/mol. The van der Waals surface area contributed by atoms with Gasteiger partial charge < -0.3 is 10.8 Å². The van der Waals surface area contributed by atoms with Crippen LogP contribution in [0.25, 0.3) is 0 Å². The van der Waals surface area contributed by atoms with Gasteiger partial charge >= 0.3 is 0 Å². The van der Waals surface area contributed by atoms with E-state index in [4.69, 9.17) is 5.73 Å². The van der Waals surface area contributed by atoms with E-state index < -0.39 is 0 Å². The van der Waals surface area contributed by atoms with Crippen molar-refractivity contribution in [3.8, 4) is 0 Å². The summed E-state index contributed by atoms with van der Waals surface area (Å²) in [5.74, 6) is 0.388. The summed E-state index contributed by atoms with van der Waals surface area (Å²) >= 11 is 0. The summed E-state index contributed by atoms with van der Waals surface area (Å²) in [4.78, 5) is 0. The molecule has 0 aromatic heterocycles. The van der Waals surface area contributed by atoms with E-state index in [0.29, 0.717) is 17.9 Å². The van der Waals surface area contributed by atoms with Crippen LogP contribution >= 0.6 is 12.4 Å². The number of hydrogen-bond donors (Lipinski definition) is 2. The molecule has 2 atom stereocenters. The fourth-order valence-electron chi connectivity index (χ4n) is 2.95. The first-order valence-electron chi connectivity index (χ1n) is 5.17. The Hall–Kier alpha value is 0.210. The molecule has 1 spiro atoms. The molecule has 2 fully saturated rings. The molecular weight excluding hydrogens is 186 g/mol. The number of rotatable bonds is 1. The van der Waals surface area contributed by atoms with Crippen LogP contribution in [0.1, 0.15) is 38.5 Å². The molecule has 0 aliphatic heterocycles. The van der Waals surface area contributed by atoms with Crippen molar-refractivity contribution in [3.63, 3.8) is 0 Å². The molecule has 78 valence electrons. The van der Waals surface area contributed by atoms with Gasteiger partial charge in [0.25, 0.3) is 0 Å². The highest BCUT2D eigenvalue weighted by molar-refractivity contribution is 5.85. The minimum absolute atomic E-state index is 0. The molecule has 0 unspecified atom stereocenters. The summed E-state index contributed by atoms with van der Waals surface area (Å²) in [6.07, 6.45) is 7.36. The van der Waals surface area contributed by atoms with E-state index >= 15 is 0 Å². The molecule has 0 saturated heterocycles. The second kappa shape index (κ2) is 4.16. The quantitative estimate of drug-likeness (QED) is 0.685. The van der Waals surface area contributed by atoms with Crippen molar-refractivity contribution in [2.75, 3.05) is 6.54 Å². The SMILES string of the molecule is Cl.NC[C@@H]1CCCC2(CCC2)[C@H]1O. The van der Waals surface area contributed by atoms with E-state index in [2.05, 4.69) is 0 Å². The first kappa shape index (κ1) is 11.3. The molecule has 3 N–H and O–H groups in total. The Labute approximate surface area is 86.3 Å². The molecule has 0 aromatic carbocycles. The maximum Gasteiger partial charge on any atom is 0.0636 e. The van der Waals surface area contributed by atoms with Gasteiger partial charge in [-0.15, -0.1) is 12.4 Å². The van der Waals surface area contributed by atoms with Crippen molar-refractivity contribution in [1.82, 2.24) is 0 Å². The van der Waals surface area contributed by atoms with Crippen LogP contribution in [0.4, 0.5) is 0 Å². The fraction of sp³-hybridized carbons (Fsp3) is 1.00. The number of aliphatic hydroxyl groups excluding tert-OH is 1. The highest BCUT2D eigenvalue weighted by atomic mass is 35.5. The average Bonchev–Trinajstić information content (AvgIpc) is 2.02. The largest absolute Gasteiger partial charge is 0.392 e. The minimum atomic E-state index is -0.0926. The van der Waals surface area contributed by atoms with Gasteiger partial charge in [-0.05, 0) is 43.6 Å². The molecule has 2 aliphatic carbocycles. The lowest BCUT2D eigenvalue weighted by Gasteiger charge is -2.51. The Morgan fingerprint density at radius 1 is 1.23 bits per heavy atom. The van der Waals surface area contributed by atoms with E-state index in [-0.39, 0.29) is 18.5 Å². The minimum Gasteiger partial charge on any atom is -0.392 e. The Bertz CT molecular complexity index is 170. The summed E-state index contributed by atoms with van der Waals surface area (Å²) in [6.45, 7) is 0.670. The summed E-state index contributed by atoms with van der Waals surface area (Å²) in [7, 11) is 0. The monoisotopic (exact) mass is 205 g/mol. The van der Waals surface area contributed by atoms with Gasteiger partial charge in [-0.1, -0.05) is 12.8 Å². The molecular formula is C10H20ClNO. The topological polar surface area (TPSA) is 46.2 Å². The lowest BCUT2D eigenvalue weighted by atomic mass is 9.56. The zero-order chi connectivity index (χ0) is 8.60. The number of hydrogen-bond acceptors (Lipinski definition) is 2. The summed E-state index contributed by atoms with van der Waals surface area (Å²) in [6, 6.07) is 0. The van der Waals surface area contributed by atoms with Crippen molar-refractivity contribution in [1.29, 1.82) is 0 Å².